The molecule has 0 saturated heterocycles. The van der Waals surface area contributed by atoms with Gasteiger partial charge in [-0.2, -0.15) is 5.10 Å². The second-order valence-electron chi connectivity index (χ2n) is 8.16. The molecule has 0 saturated carbocycles. The molecule has 4 rings (SSSR count). The third-order valence-corrected chi connectivity index (χ3v) is 5.38. The first kappa shape index (κ1) is 17.6. The van der Waals surface area contributed by atoms with Crippen LogP contribution in [0.2, 0.25) is 0 Å². The number of aryl methyl sites for hydroxylation is 1. The second kappa shape index (κ2) is 6.15. The van der Waals surface area contributed by atoms with E-state index in [-0.39, 0.29) is 22.9 Å². The summed E-state index contributed by atoms with van der Waals surface area (Å²) in [4.78, 5) is 13.1. The minimum atomic E-state index is -0.224. The molecule has 2 aromatic rings. The highest BCUT2D eigenvalue weighted by Gasteiger charge is 2.42. The van der Waals surface area contributed by atoms with E-state index in [2.05, 4.69) is 29.4 Å². The lowest BCUT2D eigenvalue weighted by atomic mass is 9.69. The summed E-state index contributed by atoms with van der Waals surface area (Å²) in [5, 5.41) is 20.9. The maximum Gasteiger partial charge on any atom is 0.162 e. The average molecular weight is 367 g/mol. The fraction of sp³-hybridized carbons (Fsp3) is 0.429. The second-order valence-corrected chi connectivity index (χ2v) is 8.16. The Bertz CT molecular complexity index is 956. The number of nitrogens with one attached hydrogen (secondary N) is 2. The van der Waals surface area contributed by atoms with Crippen LogP contribution in [0.1, 0.15) is 56.4 Å². The number of H-pyrrole nitrogens is 1. The number of carbonyl (C=O) groups is 1. The summed E-state index contributed by atoms with van der Waals surface area (Å²) in [5.74, 6) is 1.24. The Morgan fingerprint density at radius 1 is 1.33 bits per heavy atom. The molecule has 0 amide bonds. The van der Waals surface area contributed by atoms with E-state index < -0.39 is 0 Å². The number of benzene rings is 1. The quantitative estimate of drug-likeness (QED) is 0.763. The standard InChI is InChI=1S/C21H25N3O3/c1-5-27-16-8-12(6-7-14(16)25)18-17-11(2)23-24-20(17)22-13-9-21(3,4)10-15(26)19(13)18/h6-8,18,25H,5,9-10H2,1-4H3,(H2,22,23,24)/t18-/m1/s1. The average Bonchev–Trinajstić information content (AvgIpc) is 2.95. The van der Waals surface area contributed by atoms with Crippen molar-refractivity contribution in [3.63, 3.8) is 0 Å². The Balaban J connectivity index is 1.91. The van der Waals surface area contributed by atoms with E-state index in [4.69, 9.17) is 4.74 Å². The number of aromatic nitrogens is 2. The van der Waals surface area contributed by atoms with Gasteiger partial charge in [0.15, 0.2) is 23.1 Å². The lowest BCUT2D eigenvalue weighted by Gasteiger charge is -2.38. The van der Waals surface area contributed by atoms with E-state index in [0.717, 1.165) is 40.3 Å². The number of fused-ring (bicyclic) bond motifs is 1. The van der Waals surface area contributed by atoms with E-state index in [9.17, 15) is 9.90 Å². The van der Waals surface area contributed by atoms with Gasteiger partial charge in [-0.15, -0.1) is 0 Å². The highest BCUT2D eigenvalue weighted by Crippen LogP contribution is 2.50. The van der Waals surface area contributed by atoms with Gasteiger partial charge in [0, 0.05) is 34.9 Å². The topological polar surface area (TPSA) is 87.2 Å². The molecule has 1 aliphatic heterocycles. The number of rotatable bonds is 3. The summed E-state index contributed by atoms with van der Waals surface area (Å²) in [7, 11) is 0. The zero-order valence-corrected chi connectivity index (χ0v) is 16.1. The number of aromatic amines is 1. The molecule has 0 bridgehead atoms. The van der Waals surface area contributed by atoms with Crippen molar-refractivity contribution in [2.24, 2.45) is 5.41 Å². The molecule has 1 atom stereocenters. The molecule has 6 nitrogen and oxygen atoms in total. The molecule has 6 heteroatoms. The molecule has 0 unspecified atom stereocenters. The highest BCUT2D eigenvalue weighted by atomic mass is 16.5. The summed E-state index contributed by atoms with van der Waals surface area (Å²) in [6, 6.07) is 5.33. The monoisotopic (exact) mass is 367 g/mol. The predicted octanol–water partition coefficient (Wildman–Crippen LogP) is 4.02. The first-order valence-electron chi connectivity index (χ1n) is 9.34. The maximum atomic E-state index is 13.1. The molecule has 0 fully saturated rings. The molecule has 2 aliphatic rings. The molecular formula is C21H25N3O3. The van der Waals surface area contributed by atoms with Crippen molar-refractivity contribution in [1.82, 2.24) is 10.2 Å². The van der Waals surface area contributed by atoms with Gasteiger partial charge in [0.05, 0.1) is 6.61 Å². The van der Waals surface area contributed by atoms with E-state index in [1.54, 1.807) is 6.07 Å². The number of phenols is 1. The summed E-state index contributed by atoms with van der Waals surface area (Å²) in [6.07, 6.45) is 1.32. The van der Waals surface area contributed by atoms with Crippen molar-refractivity contribution >= 4 is 11.6 Å². The van der Waals surface area contributed by atoms with Gasteiger partial charge in [-0.3, -0.25) is 9.89 Å². The van der Waals surface area contributed by atoms with Gasteiger partial charge in [0.25, 0.3) is 0 Å². The van der Waals surface area contributed by atoms with Crippen LogP contribution in [0.5, 0.6) is 11.5 Å². The van der Waals surface area contributed by atoms with Crippen molar-refractivity contribution in [3.8, 4) is 11.5 Å². The van der Waals surface area contributed by atoms with Gasteiger partial charge in [0.1, 0.15) is 0 Å². The highest BCUT2D eigenvalue weighted by molar-refractivity contribution is 6.01. The number of hydrogen-bond donors (Lipinski definition) is 3. The van der Waals surface area contributed by atoms with Gasteiger partial charge >= 0.3 is 0 Å². The number of nitrogens with zero attached hydrogens (tertiary/aromatic N) is 1. The van der Waals surface area contributed by atoms with Crippen molar-refractivity contribution in [2.75, 3.05) is 11.9 Å². The van der Waals surface area contributed by atoms with E-state index in [0.29, 0.717) is 18.8 Å². The van der Waals surface area contributed by atoms with Gasteiger partial charge in [-0.25, -0.2) is 0 Å². The van der Waals surface area contributed by atoms with Gasteiger partial charge in [0.2, 0.25) is 0 Å². The van der Waals surface area contributed by atoms with Crippen LogP contribution in [0.3, 0.4) is 0 Å². The number of phenolic OH excluding ortho intramolecular Hbond substituents is 1. The summed E-state index contributed by atoms with van der Waals surface area (Å²) in [6.45, 7) is 8.53. The number of hydrogen-bond acceptors (Lipinski definition) is 5. The third-order valence-electron chi connectivity index (χ3n) is 5.38. The number of allylic oxidation sites excluding steroid dienone is 2. The smallest absolute Gasteiger partial charge is 0.162 e. The van der Waals surface area contributed by atoms with Gasteiger partial charge in [-0.05, 0) is 43.4 Å². The van der Waals surface area contributed by atoms with Crippen LogP contribution in [0, 0.1) is 12.3 Å². The summed E-state index contributed by atoms with van der Waals surface area (Å²) in [5.41, 5.74) is 4.50. The minimum absolute atomic E-state index is 0.0816. The van der Waals surface area contributed by atoms with Crippen LogP contribution in [0.4, 0.5) is 5.82 Å². The van der Waals surface area contributed by atoms with Crippen molar-refractivity contribution in [3.05, 3.63) is 46.3 Å². The van der Waals surface area contributed by atoms with Crippen LogP contribution in [0.15, 0.2) is 29.5 Å². The Morgan fingerprint density at radius 3 is 2.85 bits per heavy atom. The fourth-order valence-electron chi connectivity index (χ4n) is 4.27. The zero-order chi connectivity index (χ0) is 19.3. The predicted molar refractivity (Wildman–Crippen MR) is 103 cm³/mol. The molecule has 142 valence electrons. The molecule has 1 aliphatic carbocycles. The van der Waals surface area contributed by atoms with Crippen LogP contribution in [0.25, 0.3) is 0 Å². The Morgan fingerprint density at radius 2 is 2.11 bits per heavy atom. The Hall–Kier alpha value is -2.76. The minimum Gasteiger partial charge on any atom is -0.504 e. The molecule has 0 spiro atoms. The van der Waals surface area contributed by atoms with E-state index in [1.165, 1.54) is 0 Å². The summed E-state index contributed by atoms with van der Waals surface area (Å²) >= 11 is 0. The van der Waals surface area contributed by atoms with Gasteiger partial charge in [-0.1, -0.05) is 19.9 Å². The Labute approximate surface area is 158 Å². The summed E-state index contributed by atoms with van der Waals surface area (Å²) < 4.78 is 5.57. The molecule has 2 heterocycles. The Kier molecular flexibility index (Phi) is 4.02. The van der Waals surface area contributed by atoms with Crippen molar-refractivity contribution in [2.45, 2.75) is 46.5 Å². The lowest BCUT2D eigenvalue weighted by Crippen LogP contribution is -2.33. The van der Waals surface area contributed by atoms with Crippen LogP contribution < -0.4 is 10.1 Å². The van der Waals surface area contributed by atoms with Crippen LogP contribution in [-0.4, -0.2) is 27.7 Å². The third kappa shape index (κ3) is 2.89. The van der Waals surface area contributed by atoms with Crippen LogP contribution >= 0.6 is 0 Å². The molecule has 1 aromatic heterocycles. The van der Waals surface area contributed by atoms with Gasteiger partial charge < -0.3 is 15.2 Å². The SMILES string of the molecule is CCOc1cc([C@H]2C3=C(CC(C)(C)CC3=O)Nc3n[nH]c(C)c32)ccc1O. The normalized spacial score (nSPS) is 20.7. The fourth-order valence-corrected chi connectivity index (χ4v) is 4.27. The molecule has 27 heavy (non-hydrogen) atoms. The van der Waals surface area contributed by atoms with Crippen LogP contribution in [-0.2, 0) is 4.79 Å². The number of ketones is 1. The molecule has 3 N–H and O–H groups in total. The number of anilines is 1. The lowest BCUT2D eigenvalue weighted by molar-refractivity contribution is -0.118. The first-order chi connectivity index (χ1) is 12.8. The number of ether oxygens (including phenoxy) is 1. The van der Waals surface area contributed by atoms with E-state index in [1.807, 2.05) is 26.0 Å². The number of carbonyl (C=O) groups excluding carboxylic acids is 1. The number of Topliss-reactive ketones (excluding diaryl/α,β-unsaturated/α-hetero) is 1. The largest absolute Gasteiger partial charge is 0.504 e. The molecule has 1 aromatic carbocycles. The van der Waals surface area contributed by atoms with E-state index >= 15 is 0 Å². The molecular weight excluding hydrogens is 342 g/mol. The first-order valence-corrected chi connectivity index (χ1v) is 9.34. The van der Waals surface area contributed by atoms with Crippen molar-refractivity contribution < 1.29 is 14.6 Å². The maximum absolute atomic E-state index is 13.1. The zero-order valence-electron chi connectivity index (χ0n) is 16.1. The molecule has 0 radical (unpaired) electrons. The van der Waals surface area contributed by atoms with Crippen molar-refractivity contribution in [1.29, 1.82) is 0 Å². The number of aromatic hydroxyl groups is 1.